The molecule has 0 heterocycles. The Balaban J connectivity index is 2.05. The summed E-state index contributed by atoms with van der Waals surface area (Å²) in [5.74, 6) is -0.856. The summed E-state index contributed by atoms with van der Waals surface area (Å²) in [5.41, 5.74) is 2.62. The van der Waals surface area contributed by atoms with Gasteiger partial charge in [-0.3, -0.25) is 13.9 Å². The summed E-state index contributed by atoms with van der Waals surface area (Å²) >= 11 is 9.53. The van der Waals surface area contributed by atoms with Crippen LogP contribution in [0.5, 0.6) is 0 Å². The topological polar surface area (TPSA) is 86.8 Å². The van der Waals surface area contributed by atoms with E-state index in [1.165, 1.54) is 11.9 Å². The number of benzene rings is 3. The third-order valence-corrected chi connectivity index (χ3v) is 7.72. The zero-order chi connectivity index (χ0) is 27.2. The molecule has 3 aromatic carbocycles. The second-order valence-electron chi connectivity index (χ2n) is 8.67. The zero-order valence-electron chi connectivity index (χ0n) is 20.8. The molecule has 3 rings (SSSR count). The molecule has 0 radical (unpaired) electrons. The SMILES string of the molecule is CNC(=O)[C@@H](Cc1ccccc1)N(Cc1cccc(Br)c1)C(=O)CN(c1ccc(Cl)cc1C)S(C)(=O)=O. The van der Waals surface area contributed by atoms with Gasteiger partial charge in [0.25, 0.3) is 0 Å². The van der Waals surface area contributed by atoms with Crippen LogP contribution in [0.3, 0.4) is 0 Å². The van der Waals surface area contributed by atoms with E-state index in [9.17, 15) is 18.0 Å². The molecule has 0 spiro atoms. The van der Waals surface area contributed by atoms with Crippen molar-refractivity contribution < 1.29 is 18.0 Å². The van der Waals surface area contributed by atoms with Crippen LogP contribution >= 0.6 is 27.5 Å². The number of anilines is 1. The second-order valence-corrected chi connectivity index (χ2v) is 11.9. The van der Waals surface area contributed by atoms with Gasteiger partial charge in [0.1, 0.15) is 12.6 Å². The Bertz CT molecular complexity index is 1370. The quantitative estimate of drug-likeness (QED) is 0.367. The second kappa shape index (κ2) is 12.6. The van der Waals surface area contributed by atoms with E-state index in [1.54, 1.807) is 25.1 Å². The van der Waals surface area contributed by atoms with Gasteiger partial charge in [0, 0.05) is 29.5 Å². The highest BCUT2D eigenvalue weighted by Crippen LogP contribution is 2.26. The van der Waals surface area contributed by atoms with Crippen LogP contribution in [0.25, 0.3) is 0 Å². The molecule has 196 valence electrons. The van der Waals surface area contributed by atoms with E-state index in [4.69, 9.17) is 11.6 Å². The smallest absolute Gasteiger partial charge is 0.244 e. The fourth-order valence-electron chi connectivity index (χ4n) is 4.05. The number of carbonyl (C=O) groups excluding carboxylic acids is 2. The minimum Gasteiger partial charge on any atom is -0.357 e. The van der Waals surface area contributed by atoms with E-state index in [0.29, 0.717) is 16.3 Å². The monoisotopic (exact) mass is 605 g/mol. The van der Waals surface area contributed by atoms with Crippen molar-refractivity contribution in [3.8, 4) is 0 Å². The third kappa shape index (κ3) is 7.80. The van der Waals surface area contributed by atoms with Crippen molar-refractivity contribution in [1.29, 1.82) is 0 Å². The maximum Gasteiger partial charge on any atom is 0.244 e. The standard InChI is InChI=1S/C27H29BrClN3O4S/c1-19-14-23(29)12-13-24(19)32(37(3,35)36)18-26(33)31(17-21-10-7-11-22(28)15-21)25(27(34)30-2)16-20-8-5-4-6-9-20/h4-15,25H,16-18H2,1-3H3,(H,30,34)/t25-/m1/s1. The Hall–Kier alpha value is -2.88. The van der Waals surface area contributed by atoms with Crippen molar-refractivity contribution >= 4 is 55.1 Å². The molecule has 0 aliphatic rings. The summed E-state index contributed by atoms with van der Waals surface area (Å²) in [4.78, 5) is 28.4. The van der Waals surface area contributed by atoms with Crippen LogP contribution in [0, 0.1) is 6.92 Å². The minimum absolute atomic E-state index is 0.112. The summed E-state index contributed by atoms with van der Waals surface area (Å²) in [7, 11) is -2.32. The molecule has 3 aromatic rings. The van der Waals surface area contributed by atoms with Crippen molar-refractivity contribution in [2.75, 3.05) is 24.2 Å². The Labute approximate surface area is 231 Å². The predicted octanol–water partition coefficient (Wildman–Crippen LogP) is 4.56. The van der Waals surface area contributed by atoms with Crippen LogP contribution in [0.4, 0.5) is 5.69 Å². The number of carbonyl (C=O) groups is 2. The van der Waals surface area contributed by atoms with Crippen molar-refractivity contribution in [3.05, 3.63) is 99.0 Å². The van der Waals surface area contributed by atoms with E-state index in [2.05, 4.69) is 21.2 Å². The Kier molecular flexibility index (Phi) is 9.75. The highest BCUT2D eigenvalue weighted by molar-refractivity contribution is 9.10. The number of aryl methyl sites for hydroxylation is 1. The molecule has 0 aromatic heterocycles. The van der Waals surface area contributed by atoms with Gasteiger partial charge in [0.15, 0.2) is 0 Å². The lowest BCUT2D eigenvalue weighted by Crippen LogP contribution is -2.53. The average molecular weight is 607 g/mol. The van der Waals surface area contributed by atoms with Gasteiger partial charge in [-0.1, -0.05) is 70.0 Å². The highest BCUT2D eigenvalue weighted by Gasteiger charge is 2.33. The van der Waals surface area contributed by atoms with Crippen LogP contribution in [0.1, 0.15) is 16.7 Å². The number of hydrogen-bond donors (Lipinski definition) is 1. The summed E-state index contributed by atoms with van der Waals surface area (Å²) in [6.45, 7) is 1.36. The first-order valence-corrected chi connectivity index (χ1v) is 14.5. The normalized spacial score (nSPS) is 12.0. The molecule has 7 nitrogen and oxygen atoms in total. The molecule has 10 heteroatoms. The molecule has 0 saturated heterocycles. The molecular formula is C27H29BrClN3O4S. The lowest BCUT2D eigenvalue weighted by atomic mass is 10.0. The van der Waals surface area contributed by atoms with E-state index < -0.39 is 28.5 Å². The fourth-order valence-corrected chi connectivity index (χ4v) is 5.63. The minimum atomic E-state index is -3.84. The van der Waals surface area contributed by atoms with Gasteiger partial charge >= 0.3 is 0 Å². The van der Waals surface area contributed by atoms with E-state index in [1.807, 2.05) is 54.6 Å². The summed E-state index contributed by atoms with van der Waals surface area (Å²) in [5, 5.41) is 3.12. The van der Waals surface area contributed by atoms with Crippen molar-refractivity contribution in [2.24, 2.45) is 0 Å². The molecular weight excluding hydrogens is 578 g/mol. The lowest BCUT2D eigenvalue weighted by Gasteiger charge is -2.33. The van der Waals surface area contributed by atoms with Gasteiger partial charge in [-0.05, 0) is 53.9 Å². The maximum atomic E-state index is 13.9. The van der Waals surface area contributed by atoms with Crippen LogP contribution in [0.2, 0.25) is 5.02 Å². The molecule has 1 N–H and O–H groups in total. The first-order chi connectivity index (χ1) is 17.5. The van der Waals surface area contributed by atoms with Crippen molar-refractivity contribution in [1.82, 2.24) is 10.2 Å². The highest BCUT2D eigenvalue weighted by atomic mass is 79.9. The lowest BCUT2D eigenvalue weighted by molar-refractivity contribution is -0.139. The number of rotatable bonds is 10. The number of nitrogens with one attached hydrogen (secondary N) is 1. The number of sulfonamides is 1. The molecule has 0 unspecified atom stereocenters. The Morgan fingerprint density at radius 1 is 1.00 bits per heavy atom. The van der Waals surface area contributed by atoms with E-state index in [0.717, 1.165) is 26.2 Å². The first kappa shape index (κ1) is 28.7. The molecule has 0 aliphatic carbocycles. The summed E-state index contributed by atoms with van der Waals surface area (Å²) in [6.07, 6.45) is 1.31. The summed E-state index contributed by atoms with van der Waals surface area (Å²) < 4.78 is 27.5. The average Bonchev–Trinajstić information content (AvgIpc) is 2.84. The fraction of sp³-hybridized carbons (Fsp3) is 0.259. The van der Waals surface area contributed by atoms with Gasteiger partial charge in [-0.25, -0.2) is 8.42 Å². The number of amides is 2. The Morgan fingerprint density at radius 2 is 1.68 bits per heavy atom. The molecule has 1 atom stereocenters. The van der Waals surface area contributed by atoms with Crippen LogP contribution in [0.15, 0.2) is 77.3 Å². The third-order valence-electron chi connectivity index (χ3n) is 5.87. The van der Waals surface area contributed by atoms with Gasteiger partial charge in [-0.15, -0.1) is 0 Å². The van der Waals surface area contributed by atoms with E-state index in [-0.39, 0.29) is 18.9 Å². The van der Waals surface area contributed by atoms with Gasteiger partial charge < -0.3 is 10.2 Å². The van der Waals surface area contributed by atoms with Crippen LogP contribution in [-0.4, -0.2) is 51.0 Å². The largest absolute Gasteiger partial charge is 0.357 e. The molecule has 0 saturated carbocycles. The first-order valence-electron chi connectivity index (χ1n) is 11.5. The number of halogens is 2. The number of nitrogens with zero attached hydrogens (tertiary/aromatic N) is 2. The predicted molar refractivity (Wildman–Crippen MR) is 151 cm³/mol. The van der Waals surface area contributed by atoms with Crippen LogP contribution < -0.4 is 9.62 Å². The van der Waals surface area contributed by atoms with Crippen LogP contribution in [-0.2, 0) is 32.6 Å². The molecule has 0 bridgehead atoms. The number of likely N-dealkylation sites (N-methyl/N-ethyl adjacent to an activating group) is 1. The number of hydrogen-bond acceptors (Lipinski definition) is 4. The molecule has 0 fully saturated rings. The Morgan fingerprint density at radius 3 is 2.27 bits per heavy atom. The molecule has 2 amide bonds. The van der Waals surface area contributed by atoms with Crippen molar-refractivity contribution in [3.63, 3.8) is 0 Å². The van der Waals surface area contributed by atoms with Crippen molar-refractivity contribution in [2.45, 2.75) is 25.9 Å². The molecule has 37 heavy (non-hydrogen) atoms. The zero-order valence-corrected chi connectivity index (χ0v) is 24.0. The van der Waals surface area contributed by atoms with Gasteiger partial charge in [-0.2, -0.15) is 0 Å². The van der Waals surface area contributed by atoms with Gasteiger partial charge in [0.2, 0.25) is 21.8 Å². The van der Waals surface area contributed by atoms with E-state index >= 15 is 0 Å². The molecule has 0 aliphatic heterocycles. The van der Waals surface area contributed by atoms with Gasteiger partial charge in [0.05, 0.1) is 11.9 Å². The maximum absolute atomic E-state index is 13.9. The summed E-state index contributed by atoms with van der Waals surface area (Å²) in [6, 6.07) is 20.7.